The lowest BCUT2D eigenvalue weighted by atomic mass is 10.1. The fourth-order valence-corrected chi connectivity index (χ4v) is 1.94. The van der Waals surface area contributed by atoms with E-state index in [1.807, 2.05) is 30.3 Å². The highest BCUT2D eigenvalue weighted by atomic mass is 35.5. The summed E-state index contributed by atoms with van der Waals surface area (Å²) < 4.78 is 5.07. The Labute approximate surface area is 117 Å². The van der Waals surface area contributed by atoms with E-state index in [1.54, 1.807) is 25.3 Å². The van der Waals surface area contributed by atoms with Crippen molar-refractivity contribution in [2.24, 2.45) is 0 Å². The molecule has 0 saturated heterocycles. The fourth-order valence-electron chi connectivity index (χ4n) is 1.70. The molecule has 2 rings (SSSR count). The minimum atomic E-state index is -0.0988. The second-order valence-corrected chi connectivity index (χ2v) is 4.46. The van der Waals surface area contributed by atoms with Crippen LogP contribution in [0.2, 0.25) is 5.02 Å². The Morgan fingerprint density at radius 1 is 1.21 bits per heavy atom. The van der Waals surface area contributed by atoms with Gasteiger partial charge in [-0.3, -0.25) is 4.79 Å². The Morgan fingerprint density at radius 3 is 2.58 bits per heavy atom. The van der Waals surface area contributed by atoms with Gasteiger partial charge in [-0.25, -0.2) is 0 Å². The zero-order chi connectivity index (χ0) is 13.7. The number of rotatable bonds is 4. The molecule has 0 bridgehead atoms. The summed E-state index contributed by atoms with van der Waals surface area (Å²) in [6.07, 6.45) is 0.234. The number of anilines is 1. The minimum absolute atomic E-state index is 0.0988. The van der Waals surface area contributed by atoms with Gasteiger partial charge < -0.3 is 10.1 Å². The highest BCUT2D eigenvalue weighted by Gasteiger charge is 2.08. The van der Waals surface area contributed by atoms with Gasteiger partial charge in [0.05, 0.1) is 13.5 Å². The van der Waals surface area contributed by atoms with Crippen molar-refractivity contribution in [2.75, 3.05) is 12.4 Å². The van der Waals surface area contributed by atoms with Crippen LogP contribution in [0.3, 0.4) is 0 Å². The van der Waals surface area contributed by atoms with Crippen LogP contribution in [-0.4, -0.2) is 13.0 Å². The Kier molecular flexibility index (Phi) is 4.42. The summed E-state index contributed by atoms with van der Waals surface area (Å²) in [7, 11) is 1.58. The van der Waals surface area contributed by atoms with Crippen molar-refractivity contribution in [2.45, 2.75) is 6.42 Å². The molecule has 0 aliphatic rings. The first-order valence-corrected chi connectivity index (χ1v) is 6.24. The molecule has 0 unspecified atom stereocenters. The molecule has 98 valence electrons. The zero-order valence-electron chi connectivity index (χ0n) is 10.5. The summed E-state index contributed by atoms with van der Waals surface area (Å²) >= 11 is 6.10. The highest BCUT2D eigenvalue weighted by molar-refractivity contribution is 6.31. The molecule has 3 nitrogen and oxygen atoms in total. The molecule has 0 spiro atoms. The molecular formula is C15H14ClNO2. The van der Waals surface area contributed by atoms with E-state index < -0.39 is 0 Å². The van der Waals surface area contributed by atoms with Crippen molar-refractivity contribution >= 4 is 23.2 Å². The third-order valence-corrected chi connectivity index (χ3v) is 3.02. The lowest BCUT2D eigenvalue weighted by Gasteiger charge is -2.08. The number of nitrogens with one attached hydrogen (secondary N) is 1. The van der Waals surface area contributed by atoms with E-state index in [0.29, 0.717) is 10.8 Å². The van der Waals surface area contributed by atoms with Crippen LogP contribution in [0.1, 0.15) is 5.56 Å². The van der Waals surface area contributed by atoms with Crippen molar-refractivity contribution in [3.63, 3.8) is 0 Å². The largest absolute Gasteiger partial charge is 0.497 e. The van der Waals surface area contributed by atoms with Crippen molar-refractivity contribution in [3.05, 3.63) is 59.1 Å². The number of carbonyl (C=O) groups excluding carboxylic acids is 1. The van der Waals surface area contributed by atoms with E-state index >= 15 is 0 Å². The molecule has 2 aromatic carbocycles. The number of halogens is 1. The molecule has 0 saturated carbocycles. The smallest absolute Gasteiger partial charge is 0.228 e. The lowest BCUT2D eigenvalue weighted by Crippen LogP contribution is -2.14. The van der Waals surface area contributed by atoms with Crippen LogP contribution in [0.15, 0.2) is 48.5 Å². The summed E-state index contributed by atoms with van der Waals surface area (Å²) in [5, 5.41) is 3.35. The Hall–Kier alpha value is -2.00. The SMILES string of the molecule is COc1ccc(CC(=O)Nc2ccccc2)c(Cl)c1. The number of benzene rings is 2. The molecule has 1 N–H and O–H groups in total. The van der Waals surface area contributed by atoms with Crippen molar-refractivity contribution in [1.82, 2.24) is 0 Å². The fraction of sp³-hybridized carbons (Fsp3) is 0.133. The van der Waals surface area contributed by atoms with Crippen LogP contribution in [0.5, 0.6) is 5.75 Å². The number of methoxy groups -OCH3 is 1. The summed E-state index contributed by atoms with van der Waals surface area (Å²) in [5.74, 6) is 0.579. The Balaban J connectivity index is 2.03. The molecule has 0 radical (unpaired) electrons. The van der Waals surface area contributed by atoms with Gasteiger partial charge in [-0.15, -0.1) is 0 Å². The number of carbonyl (C=O) groups is 1. The number of hydrogen-bond acceptors (Lipinski definition) is 2. The average molecular weight is 276 g/mol. The first-order valence-electron chi connectivity index (χ1n) is 5.86. The van der Waals surface area contributed by atoms with Gasteiger partial charge in [0, 0.05) is 10.7 Å². The maximum Gasteiger partial charge on any atom is 0.228 e. The Morgan fingerprint density at radius 2 is 1.95 bits per heavy atom. The van der Waals surface area contributed by atoms with Crippen LogP contribution in [0, 0.1) is 0 Å². The van der Waals surface area contributed by atoms with E-state index in [0.717, 1.165) is 11.3 Å². The second kappa shape index (κ2) is 6.25. The van der Waals surface area contributed by atoms with Crippen LogP contribution in [-0.2, 0) is 11.2 Å². The predicted molar refractivity (Wildman–Crippen MR) is 76.8 cm³/mol. The molecule has 0 aromatic heterocycles. The van der Waals surface area contributed by atoms with Crippen LogP contribution in [0.25, 0.3) is 0 Å². The topological polar surface area (TPSA) is 38.3 Å². The standard InChI is InChI=1S/C15H14ClNO2/c1-19-13-8-7-11(14(16)10-13)9-15(18)17-12-5-3-2-4-6-12/h2-8,10H,9H2,1H3,(H,17,18). The molecule has 0 heterocycles. The first kappa shape index (κ1) is 13.4. The van der Waals surface area contributed by atoms with Crippen LogP contribution < -0.4 is 10.1 Å². The molecule has 19 heavy (non-hydrogen) atoms. The van der Waals surface area contributed by atoms with Crippen molar-refractivity contribution in [1.29, 1.82) is 0 Å². The van der Waals surface area contributed by atoms with Gasteiger partial charge in [0.2, 0.25) is 5.91 Å². The summed E-state index contributed by atoms with van der Waals surface area (Å²) in [5.41, 5.74) is 1.55. The van der Waals surface area contributed by atoms with Crippen molar-refractivity contribution < 1.29 is 9.53 Å². The highest BCUT2D eigenvalue weighted by Crippen LogP contribution is 2.23. The summed E-state index contributed by atoms with van der Waals surface area (Å²) in [4.78, 5) is 11.9. The minimum Gasteiger partial charge on any atom is -0.497 e. The zero-order valence-corrected chi connectivity index (χ0v) is 11.3. The molecule has 4 heteroatoms. The third-order valence-electron chi connectivity index (χ3n) is 2.67. The number of para-hydroxylation sites is 1. The molecule has 0 aliphatic heterocycles. The second-order valence-electron chi connectivity index (χ2n) is 4.05. The van der Waals surface area contributed by atoms with Gasteiger partial charge in [0.15, 0.2) is 0 Å². The van der Waals surface area contributed by atoms with Gasteiger partial charge in [0.1, 0.15) is 5.75 Å². The van der Waals surface area contributed by atoms with Gasteiger partial charge in [-0.1, -0.05) is 35.9 Å². The van der Waals surface area contributed by atoms with E-state index in [1.165, 1.54) is 0 Å². The maximum atomic E-state index is 11.9. The molecule has 0 aliphatic carbocycles. The molecule has 2 aromatic rings. The molecule has 0 fully saturated rings. The summed E-state index contributed by atoms with van der Waals surface area (Å²) in [6.45, 7) is 0. The molecular weight excluding hydrogens is 262 g/mol. The number of ether oxygens (including phenoxy) is 1. The first-order chi connectivity index (χ1) is 9.19. The van der Waals surface area contributed by atoms with Gasteiger partial charge in [0.25, 0.3) is 0 Å². The van der Waals surface area contributed by atoms with E-state index in [-0.39, 0.29) is 12.3 Å². The third kappa shape index (κ3) is 3.73. The molecule has 1 amide bonds. The van der Waals surface area contributed by atoms with Gasteiger partial charge in [-0.05, 0) is 29.8 Å². The van der Waals surface area contributed by atoms with Crippen LogP contribution in [0.4, 0.5) is 5.69 Å². The average Bonchev–Trinajstić information content (AvgIpc) is 2.42. The monoisotopic (exact) mass is 275 g/mol. The van der Waals surface area contributed by atoms with Gasteiger partial charge >= 0.3 is 0 Å². The van der Waals surface area contributed by atoms with Crippen molar-refractivity contribution in [3.8, 4) is 5.75 Å². The summed E-state index contributed by atoms with van der Waals surface area (Å²) in [6, 6.07) is 14.6. The normalized spacial score (nSPS) is 10.0. The van der Waals surface area contributed by atoms with Gasteiger partial charge in [-0.2, -0.15) is 0 Å². The quantitative estimate of drug-likeness (QED) is 0.927. The van der Waals surface area contributed by atoms with E-state index in [9.17, 15) is 4.79 Å². The number of hydrogen-bond donors (Lipinski definition) is 1. The van der Waals surface area contributed by atoms with Crippen LogP contribution >= 0.6 is 11.6 Å². The predicted octanol–water partition coefficient (Wildman–Crippen LogP) is 3.53. The molecule has 0 atom stereocenters. The lowest BCUT2D eigenvalue weighted by molar-refractivity contribution is -0.115. The number of amides is 1. The van der Waals surface area contributed by atoms with E-state index in [4.69, 9.17) is 16.3 Å². The maximum absolute atomic E-state index is 11.9. The Bertz CT molecular complexity index is 570. The van der Waals surface area contributed by atoms with E-state index in [2.05, 4.69) is 5.32 Å².